The van der Waals surface area contributed by atoms with Crippen molar-refractivity contribution in [2.24, 2.45) is 0 Å². The fraction of sp³-hybridized carbons (Fsp3) is 0. The molecule has 234 valence electrons. The molecular weight excluding hydrogens is 613 g/mol. The molecule has 10 aromatic rings. The van der Waals surface area contributed by atoms with E-state index in [1.54, 1.807) is 18.2 Å². The van der Waals surface area contributed by atoms with E-state index in [1.165, 1.54) is 0 Å². The van der Waals surface area contributed by atoms with Crippen LogP contribution in [0.5, 0.6) is 0 Å². The van der Waals surface area contributed by atoms with Gasteiger partial charge in [-0.2, -0.15) is 0 Å². The smallest absolute Gasteiger partial charge is 0.164 e. The summed E-state index contributed by atoms with van der Waals surface area (Å²) in [4.78, 5) is 13.9. The van der Waals surface area contributed by atoms with Gasteiger partial charge < -0.3 is 8.98 Å². The number of nitrogens with zero attached hydrogens (tertiary/aromatic N) is 4. The van der Waals surface area contributed by atoms with Gasteiger partial charge in [0.25, 0.3) is 0 Å². The summed E-state index contributed by atoms with van der Waals surface area (Å²) in [6.07, 6.45) is 0. The van der Waals surface area contributed by atoms with E-state index >= 15 is 0 Å². The molecular formula is C45H28N4O. The van der Waals surface area contributed by atoms with Gasteiger partial charge in [0.05, 0.1) is 24.7 Å². The number of benzene rings is 7. The molecule has 5 nitrogen and oxygen atoms in total. The molecule has 5 heteroatoms. The molecule has 0 atom stereocenters. The Hall–Kier alpha value is -6.85. The third-order valence-electron chi connectivity index (χ3n) is 8.84. The Balaban J connectivity index is 1.26. The molecule has 0 aliphatic rings. The highest BCUT2D eigenvalue weighted by Gasteiger charge is 2.21. The zero-order valence-corrected chi connectivity index (χ0v) is 26.1. The van der Waals surface area contributed by atoms with Crippen molar-refractivity contribution in [1.29, 1.82) is 0 Å². The Morgan fingerprint density at radius 2 is 1.04 bits per heavy atom. The Morgan fingerprint density at radius 1 is 0.460 bits per heavy atom. The quantitative estimate of drug-likeness (QED) is 0.186. The van der Waals surface area contributed by atoms with E-state index in [0.29, 0.717) is 22.1 Å². The van der Waals surface area contributed by atoms with Crippen LogP contribution in [0.1, 0.15) is 13.7 Å². The molecule has 7 aromatic carbocycles. The van der Waals surface area contributed by atoms with Crippen LogP contribution in [-0.2, 0) is 0 Å². The molecule has 50 heavy (non-hydrogen) atoms. The largest absolute Gasteiger partial charge is 0.456 e. The highest BCUT2D eigenvalue weighted by Crippen LogP contribution is 2.43. The molecule has 0 saturated carbocycles. The SMILES string of the molecule is [2H]c1c([2H])c([2H])c(-c2nc(-c3c([2H])c([2H])c([2H])c([2H])c3[2H])nc(-c3cccc4oc5cccc(-c6ccc7c(c6)c6ccccc6n7-c6ccccc6)c5c34)n2)c([2H])c1[2H]. The summed E-state index contributed by atoms with van der Waals surface area (Å²) in [7, 11) is 0. The fourth-order valence-corrected chi connectivity index (χ4v) is 6.73. The van der Waals surface area contributed by atoms with Crippen LogP contribution in [0.25, 0.3) is 94.7 Å². The van der Waals surface area contributed by atoms with E-state index in [-0.39, 0.29) is 28.6 Å². The Labute approximate surface area is 301 Å². The second kappa shape index (κ2) is 11.4. The predicted molar refractivity (Wildman–Crippen MR) is 203 cm³/mol. The van der Waals surface area contributed by atoms with Gasteiger partial charge >= 0.3 is 0 Å². The van der Waals surface area contributed by atoms with E-state index in [1.807, 2.05) is 48.5 Å². The van der Waals surface area contributed by atoms with Crippen molar-refractivity contribution >= 4 is 43.7 Å². The summed E-state index contributed by atoms with van der Waals surface area (Å²) in [6.45, 7) is 0. The lowest BCUT2D eigenvalue weighted by atomic mass is 9.96. The summed E-state index contributed by atoms with van der Waals surface area (Å²) in [5.74, 6) is -0.730. The van der Waals surface area contributed by atoms with Crippen molar-refractivity contribution in [2.45, 2.75) is 0 Å². The van der Waals surface area contributed by atoms with E-state index in [9.17, 15) is 0 Å². The second-order valence-electron chi connectivity index (χ2n) is 11.7. The van der Waals surface area contributed by atoms with Gasteiger partial charge in [0.2, 0.25) is 0 Å². The lowest BCUT2D eigenvalue weighted by Crippen LogP contribution is -2.00. The topological polar surface area (TPSA) is 56.7 Å². The van der Waals surface area contributed by atoms with Crippen LogP contribution in [0.3, 0.4) is 0 Å². The first-order valence-corrected chi connectivity index (χ1v) is 15.9. The number of para-hydroxylation sites is 2. The van der Waals surface area contributed by atoms with E-state index in [0.717, 1.165) is 44.0 Å². The fourth-order valence-electron chi connectivity index (χ4n) is 6.73. The third-order valence-corrected chi connectivity index (χ3v) is 8.84. The van der Waals surface area contributed by atoms with E-state index < -0.39 is 60.4 Å². The minimum atomic E-state index is -0.617. The zero-order valence-electron chi connectivity index (χ0n) is 36.1. The number of hydrogen-bond donors (Lipinski definition) is 0. The molecule has 0 unspecified atom stereocenters. The van der Waals surface area contributed by atoms with Crippen LogP contribution in [-0.4, -0.2) is 19.5 Å². The van der Waals surface area contributed by atoms with Crippen molar-refractivity contribution in [2.75, 3.05) is 0 Å². The average Bonchev–Trinajstić information content (AvgIpc) is 3.82. The Morgan fingerprint density at radius 3 is 1.74 bits per heavy atom. The normalized spacial score (nSPS) is 14.4. The van der Waals surface area contributed by atoms with Crippen molar-refractivity contribution < 1.29 is 18.1 Å². The highest BCUT2D eigenvalue weighted by atomic mass is 16.3. The molecule has 3 aromatic heterocycles. The van der Waals surface area contributed by atoms with Crippen molar-refractivity contribution in [1.82, 2.24) is 19.5 Å². The molecule has 3 heterocycles. The lowest BCUT2D eigenvalue weighted by Gasteiger charge is -2.10. The maximum Gasteiger partial charge on any atom is 0.164 e. The Kier molecular flexibility index (Phi) is 4.52. The van der Waals surface area contributed by atoms with Crippen molar-refractivity contribution in [3.05, 3.63) is 170 Å². The molecule has 10 rings (SSSR count). The summed E-state index contributed by atoms with van der Waals surface area (Å²) in [5.41, 5.74) is 5.62. The molecule has 0 N–H and O–H groups in total. The van der Waals surface area contributed by atoms with Gasteiger partial charge in [-0.25, -0.2) is 15.0 Å². The molecule has 0 amide bonds. The van der Waals surface area contributed by atoms with E-state index in [2.05, 4.69) is 52.0 Å². The van der Waals surface area contributed by atoms with E-state index in [4.69, 9.17) is 28.1 Å². The summed E-state index contributed by atoms with van der Waals surface area (Å²) in [5, 5.41) is 3.44. The monoisotopic (exact) mass is 650 g/mol. The van der Waals surface area contributed by atoms with Gasteiger partial charge in [-0.05, 0) is 53.6 Å². The van der Waals surface area contributed by atoms with Gasteiger partial charge in [0.15, 0.2) is 17.5 Å². The number of rotatable bonds is 5. The second-order valence-corrected chi connectivity index (χ2v) is 11.7. The Bertz CT molecular complexity index is 3310. The molecule has 0 spiro atoms. The first-order valence-electron chi connectivity index (χ1n) is 20.9. The van der Waals surface area contributed by atoms with Crippen LogP contribution >= 0.6 is 0 Å². The third kappa shape index (κ3) is 4.52. The highest BCUT2D eigenvalue weighted by molar-refractivity contribution is 6.18. The van der Waals surface area contributed by atoms with Crippen molar-refractivity contribution in [3.63, 3.8) is 0 Å². The van der Waals surface area contributed by atoms with Gasteiger partial charge in [0, 0.05) is 43.9 Å². The average molecular weight is 651 g/mol. The minimum absolute atomic E-state index is 0.0434. The van der Waals surface area contributed by atoms with Crippen LogP contribution in [0, 0.1) is 0 Å². The predicted octanol–water partition coefficient (Wildman–Crippen LogP) is 11.5. The van der Waals surface area contributed by atoms with Crippen molar-refractivity contribution in [3.8, 4) is 51.0 Å². The lowest BCUT2D eigenvalue weighted by molar-refractivity contribution is 0.669. The van der Waals surface area contributed by atoms with Gasteiger partial charge in [0.1, 0.15) is 11.2 Å². The standard InChI is InChI=1S/C45H28N4O/c1-4-14-29(15-5-1)43-46-44(30-16-6-2-7-17-30)48-45(47-43)35-22-13-25-40-42(35)41-33(21-12-24-39(41)50-40)31-26-27-38-36(28-31)34-20-10-11-23-37(34)49(38)32-18-8-3-9-19-32/h1-28H/i1D,2D,4D,5D,6D,7D,14D,15D,16D,17D. The summed E-state index contributed by atoms with van der Waals surface area (Å²) < 4.78 is 93.5. The number of aromatic nitrogens is 4. The van der Waals surface area contributed by atoms with Crippen LogP contribution in [0.4, 0.5) is 0 Å². The van der Waals surface area contributed by atoms with Gasteiger partial charge in [-0.3, -0.25) is 0 Å². The van der Waals surface area contributed by atoms with Gasteiger partial charge in [-0.1, -0.05) is 127 Å². The molecule has 0 aliphatic carbocycles. The number of fused-ring (bicyclic) bond motifs is 6. The van der Waals surface area contributed by atoms with Gasteiger partial charge in [-0.15, -0.1) is 0 Å². The zero-order chi connectivity index (χ0) is 41.7. The van der Waals surface area contributed by atoms with Crippen LogP contribution in [0.15, 0.2) is 174 Å². The minimum Gasteiger partial charge on any atom is -0.456 e. The molecule has 0 aliphatic heterocycles. The maximum atomic E-state index is 8.75. The molecule has 0 saturated heterocycles. The maximum absolute atomic E-state index is 8.75. The molecule has 0 fully saturated rings. The van der Waals surface area contributed by atoms with Crippen LogP contribution in [0.2, 0.25) is 0 Å². The van der Waals surface area contributed by atoms with Crippen LogP contribution < -0.4 is 0 Å². The summed E-state index contributed by atoms with van der Waals surface area (Å²) >= 11 is 0. The number of furan rings is 1. The molecule has 0 bridgehead atoms. The first kappa shape index (κ1) is 19.8. The summed E-state index contributed by atoms with van der Waals surface area (Å²) in [6, 6.07) is 29.8. The first-order chi connectivity index (χ1) is 28.9. The number of hydrogen-bond acceptors (Lipinski definition) is 4. The molecule has 0 radical (unpaired) electrons.